The van der Waals surface area contributed by atoms with E-state index in [0.717, 1.165) is 53.2 Å². The van der Waals surface area contributed by atoms with Crippen LogP contribution in [0.1, 0.15) is 73.1 Å². The lowest BCUT2D eigenvalue weighted by atomic mass is 9.55. The maximum atomic E-state index is 15.3. The number of fused-ring (bicyclic) bond motifs is 3. The van der Waals surface area contributed by atoms with Crippen molar-refractivity contribution in [3.05, 3.63) is 178 Å². The largest absolute Gasteiger partial charge is 0.489 e. The number of ether oxygens (including phenoxy) is 3. The summed E-state index contributed by atoms with van der Waals surface area (Å²) < 4.78 is 35.8. The summed E-state index contributed by atoms with van der Waals surface area (Å²) in [7, 11) is 1.51. The Hall–Kier alpha value is -6.67. The monoisotopic (exact) mass is 923 g/mol. The Morgan fingerprint density at radius 3 is 2.44 bits per heavy atom. The highest BCUT2D eigenvalue weighted by molar-refractivity contribution is 6.03. The number of non-ortho nitro benzene ring substituents is 1. The molecule has 1 heterocycles. The zero-order chi connectivity index (χ0) is 47.6. The molecule has 13 heteroatoms. The number of hydrogen-bond acceptors (Lipinski definition) is 10. The van der Waals surface area contributed by atoms with Crippen LogP contribution >= 0.6 is 0 Å². The Balaban J connectivity index is 1.32. The molecule has 8 rings (SSSR count). The van der Waals surface area contributed by atoms with Crippen molar-refractivity contribution in [2.24, 2.45) is 22.9 Å². The predicted molar refractivity (Wildman–Crippen MR) is 259 cm³/mol. The van der Waals surface area contributed by atoms with Crippen molar-refractivity contribution >= 4 is 34.2 Å². The molecule has 5 aromatic rings. The fourth-order valence-corrected chi connectivity index (χ4v) is 10.6. The molecule has 68 heavy (non-hydrogen) atoms. The molecule has 0 aromatic heterocycles. The van der Waals surface area contributed by atoms with Crippen LogP contribution in [0.15, 0.2) is 145 Å². The summed E-state index contributed by atoms with van der Waals surface area (Å²) in [4.78, 5) is 33.7. The van der Waals surface area contributed by atoms with Crippen LogP contribution in [0.25, 0.3) is 16.8 Å². The third-order valence-corrected chi connectivity index (χ3v) is 13.6. The van der Waals surface area contributed by atoms with Crippen LogP contribution in [0.3, 0.4) is 0 Å². The molecular formula is C55H58FN3O9. The fraction of sp³-hybridized carbons (Fsp3) is 0.345. The van der Waals surface area contributed by atoms with Gasteiger partial charge in [0, 0.05) is 61.4 Å². The average Bonchev–Trinajstić information content (AvgIpc) is 3.35. The third kappa shape index (κ3) is 10.1. The first-order valence-corrected chi connectivity index (χ1v) is 23.4. The minimum Gasteiger partial charge on any atom is -0.489 e. The van der Waals surface area contributed by atoms with Crippen molar-refractivity contribution in [2.45, 2.75) is 75.8 Å². The van der Waals surface area contributed by atoms with E-state index >= 15 is 4.79 Å². The van der Waals surface area contributed by atoms with Gasteiger partial charge in [-0.3, -0.25) is 14.9 Å². The van der Waals surface area contributed by atoms with Gasteiger partial charge >= 0.3 is 0 Å². The van der Waals surface area contributed by atoms with Crippen molar-refractivity contribution in [1.82, 2.24) is 4.90 Å². The van der Waals surface area contributed by atoms with E-state index in [0.29, 0.717) is 41.2 Å². The first-order chi connectivity index (χ1) is 33.2. The second kappa shape index (κ2) is 22.0. The Morgan fingerprint density at radius 2 is 1.69 bits per heavy atom. The summed E-state index contributed by atoms with van der Waals surface area (Å²) in [5, 5.41) is 38.1. The van der Waals surface area contributed by atoms with E-state index in [4.69, 9.17) is 24.2 Å². The van der Waals surface area contributed by atoms with E-state index in [-0.39, 0.29) is 74.6 Å². The number of carbonyl (C=O) groups is 1. The zero-order valence-corrected chi connectivity index (χ0v) is 38.3. The molecule has 12 nitrogen and oxygen atoms in total. The summed E-state index contributed by atoms with van der Waals surface area (Å²) in [6.45, 7) is 4.39. The molecule has 0 unspecified atom stereocenters. The summed E-state index contributed by atoms with van der Waals surface area (Å²) in [5.74, 6) is -2.08. The Bertz CT molecular complexity index is 2680. The van der Waals surface area contributed by atoms with Gasteiger partial charge in [-0.25, -0.2) is 4.39 Å². The molecule has 0 bridgehead atoms. The second-order valence-electron chi connectivity index (χ2n) is 17.6. The molecule has 1 amide bonds. The standard InChI is InChI=1S/C55H58FN3O9/c1-3-31-67-55-51(58(35-40-17-12-16-38-13-4-6-18-44(38)40)52(62)28-23-37-21-24-42(25-22-37)59(63)64)34-49(57-65-2)46-32-39(14-8-10-29-60)45(19-9-11-30-61)53(54(46)55)47-33-43(26-27-50(47)68-55)66-36-41-15-5-7-20-48(41)56/h3-7,12-13,15-18,20-28,32-33,39,45,51,53-54,60-61H,1,8-11,14,19,29-31,34-36H2,2H3/t39-,45+,51-,53+,54+,55+/m0/s1. The maximum Gasteiger partial charge on any atom is 0.269 e. The number of carbonyl (C=O) groups excluding carboxylic acids is 1. The van der Waals surface area contributed by atoms with E-state index in [2.05, 4.69) is 12.7 Å². The van der Waals surface area contributed by atoms with Crippen LogP contribution in [0.2, 0.25) is 0 Å². The first kappa shape index (κ1) is 47.8. The van der Waals surface area contributed by atoms with Gasteiger partial charge in [-0.1, -0.05) is 90.8 Å². The van der Waals surface area contributed by atoms with Gasteiger partial charge in [-0.2, -0.15) is 0 Å². The fourth-order valence-electron chi connectivity index (χ4n) is 10.6. The lowest BCUT2D eigenvalue weighted by Gasteiger charge is -2.60. The molecule has 1 fully saturated rings. The van der Waals surface area contributed by atoms with Gasteiger partial charge in [0.2, 0.25) is 11.7 Å². The van der Waals surface area contributed by atoms with Crippen LogP contribution in [-0.2, 0) is 27.5 Å². The average molecular weight is 924 g/mol. The number of amides is 1. The molecule has 354 valence electrons. The van der Waals surface area contributed by atoms with Crippen molar-refractivity contribution in [2.75, 3.05) is 26.9 Å². The minimum atomic E-state index is -1.53. The number of nitro groups is 1. The third-order valence-electron chi connectivity index (χ3n) is 13.6. The Kier molecular flexibility index (Phi) is 15.4. The van der Waals surface area contributed by atoms with Gasteiger partial charge in [-0.05, 0) is 107 Å². The number of aliphatic hydroxyl groups is 2. The lowest BCUT2D eigenvalue weighted by molar-refractivity contribution is -0.384. The van der Waals surface area contributed by atoms with Crippen molar-refractivity contribution < 1.29 is 43.4 Å². The van der Waals surface area contributed by atoms with E-state index in [9.17, 15) is 24.7 Å². The van der Waals surface area contributed by atoms with Crippen LogP contribution < -0.4 is 9.47 Å². The van der Waals surface area contributed by atoms with E-state index in [1.54, 1.807) is 47.4 Å². The van der Waals surface area contributed by atoms with E-state index < -0.39 is 22.7 Å². The second-order valence-corrected chi connectivity index (χ2v) is 17.6. The van der Waals surface area contributed by atoms with E-state index in [1.807, 2.05) is 60.7 Å². The number of oxime groups is 1. The number of aliphatic hydroxyl groups excluding tert-OH is 2. The number of halogens is 1. The number of allylic oxidation sites excluding steroid dienone is 1. The first-order valence-electron chi connectivity index (χ1n) is 23.4. The van der Waals surface area contributed by atoms with Crippen LogP contribution in [0.5, 0.6) is 11.5 Å². The summed E-state index contributed by atoms with van der Waals surface area (Å²) in [6, 6.07) is 31.4. The van der Waals surface area contributed by atoms with Gasteiger partial charge in [0.1, 0.15) is 37.1 Å². The number of nitro benzene ring substituents is 1. The van der Waals surface area contributed by atoms with Gasteiger partial charge < -0.3 is 34.2 Å². The molecule has 3 aliphatic rings. The molecule has 0 radical (unpaired) electrons. The number of hydrogen-bond donors (Lipinski definition) is 2. The minimum absolute atomic E-state index is 0.00696. The molecule has 6 atom stereocenters. The molecule has 0 spiro atoms. The van der Waals surface area contributed by atoms with Crippen LogP contribution in [0, 0.1) is 33.7 Å². The maximum absolute atomic E-state index is 15.3. The highest BCUT2D eigenvalue weighted by atomic mass is 19.1. The highest BCUT2D eigenvalue weighted by Gasteiger charge is 2.65. The number of rotatable bonds is 21. The van der Waals surface area contributed by atoms with Crippen molar-refractivity contribution in [1.29, 1.82) is 0 Å². The van der Waals surface area contributed by atoms with E-state index in [1.165, 1.54) is 31.4 Å². The van der Waals surface area contributed by atoms with Crippen molar-refractivity contribution in [3.8, 4) is 11.5 Å². The molecule has 0 saturated heterocycles. The Labute approximate surface area is 396 Å². The normalized spacial score (nSPS) is 22.2. The highest BCUT2D eigenvalue weighted by Crippen LogP contribution is 2.62. The Morgan fingerprint density at radius 1 is 0.956 bits per heavy atom. The predicted octanol–water partition coefficient (Wildman–Crippen LogP) is 10.5. The number of nitrogens with zero attached hydrogens (tertiary/aromatic N) is 3. The molecule has 2 aliphatic carbocycles. The SMILES string of the molecule is C=CCO[C@@]12Oc3ccc(OCc4ccccc4F)cc3[C@H]3[C@H](CCCCO)[C@@H](CCCCO)C=C(C(=NOC)C[C@@H]1N(Cc1cccc4ccccc14)C(=O)C=Cc1ccc([N+](=O)[O-])cc1)[C@H]32. The molecule has 1 aliphatic heterocycles. The number of unbranched alkanes of at least 4 members (excludes halogenated alkanes) is 2. The summed E-state index contributed by atoms with van der Waals surface area (Å²) in [5.41, 5.74) is 4.24. The number of benzene rings is 5. The summed E-state index contributed by atoms with van der Waals surface area (Å²) in [6.07, 6.45) is 11.5. The van der Waals surface area contributed by atoms with Crippen LogP contribution in [0.4, 0.5) is 10.1 Å². The van der Waals surface area contributed by atoms with Gasteiger partial charge in [0.15, 0.2) is 0 Å². The van der Waals surface area contributed by atoms with Crippen LogP contribution in [-0.4, -0.2) is 70.4 Å². The van der Waals surface area contributed by atoms with Gasteiger partial charge in [-0.15, -0.1) is 6.58 Å². The van der Waals surface area contributed by atoms with Crippen molar-refractivity contribution in [3.63, 3.8) is 0 Å². The topological polar surface area (TPSA) is 153 Å². The lowest BCUT2D eigenvalue weighted by Crippen LogP contribution is -2.70. The van der Waals surface area contributed by atoms with Gasteiger partial charge in [0.25, 0.3) is 5.69 Å². The smallest absolute Gasteiger partial charge is 0.269 e. The molecule has 5 aromatic carbocycles. The molecule has 1 saturated carbocycles. The summed E-state index contributed by atoms with van der Waals surface area (Å²) >= 11 is 0. The quantitative estimate of drug-likeness (QED) is 0.0241. The van der Waals surface area contributed by atoms with Gasteiger partial charge in [0.05, 0.1) is 23.2 Å². The zero-order valence-electron chi connectivity index (χ0n) is 38.3. The molecule has 2 N–H and O–H groups in total. The molecular weight excluding hydrogens is 866 g/mol.